The molecular weight excluding hydrogens is 428 g/mol. The van der Waals surface area contributed by atoms with Crippen molar-refractivity contribution in [1.82, 2.24) is 0 Å². The van der Waals surface area contributed by atoms with E-state index in [1.165, 1.54) is 12.0 Å². The van der Waals surface area contributed by atoms with Crippen LogP contribution < -0.4 is 0 Å². The summed E-state index contributed by atoms with van der Waals surface area (Å²) < 4.78 is 6.63. The van der Waals surface area contributed by atoms with Crippen LogP contribution in [0.5, 0.6) is 0 Å². The molecule has 34 heavy (non-hydrogen) atoms. The Morgan fingerprint density at radius 3 is 2.59 bits per heavy atom. The van der Waals surface area contributed by atoms with Crippen LogP contribution in [0.3, 0.4) is 0 Å². The summed E-state index contributed by atoms with van der Waals surface area (Å²) in [6.07, 6.45) is 13.9. The molecule has 0 radical (unpaired) electrons. The monoisotopic (exact) mass is 474 g/mol. The average Bonchev–Trinajstić information content (AvgIpc) is 2.83. The zero-order valence-corrected chi connectivity index (χ0v) is 21.3. The SMILES string of the molecule is CCCCO[C@]12CC[C@@H](O)[C@H](C#CC(O)C3CCCCC3)[C@H]1C(CCCC)C2=CCCC(=O)O. The Balaban J connectivity index is 1.88. The van der Waals surface area contributed by atoms with Gasteiger partial charge in [0.25, 0.3) is 0 Å². The molecule has 0 bridgehead atoms. The van der Waals surface area contributed by atoms with Crippen LogP contribution in [-0.2, 0) is 9.53 Å². The number of fused-ring (bicyclic) bond motifs is 1. The van der Waals surface area contributed by atoms with Crippen LogP contribution in [0.2, 0.25) is 0 Å². The van der Waals surface area contributed by atoms with Crippen molar-refractivity contribution in [2.75, 3.05) is 6.61 Å². The summed E-state index contributed by atoms with van der Waals surface area (Å²) in [5.41, 5.74) is 0.801. The van der Waals surface area contributed by atoms with Crippen molar-refractivity contribution in [3.05, 3.63) is 11.6 Å². The molecule has 0 aromatic rings. The first-order chi connectivity index (χ1) is 16.4. The number of allylic oxidation sites excluding steroid dienone is 1. The molecule has 0 amide bonds. The molecule has 3 aliphatic carbocycles. The zero-order valence-electron chi connectivity index (χ0n) is 21.3. The fraction of sp³-hybridized carbons (Fsp3) is 0.828. The number of ether oxygens (including phenoxy) is 1. The predicted molar refractivity (Wildman–Crippen MR) is 134 cm³/mol. The van der Waals surface area contributed by atoms with Gasteiger partial charge in [0.1, 0.15) is 6.10 Å². The highest BCUT2D eigenvalue weighted by Gasteiger charge is 2.63. The predicted octanol–water partition coefficient (Wildman–Crippen LogP) is 5.48. The van der Waals surface area contributed by atoms with Gasteiger partial charge in [-0.25, -0.2) is 0 Å². The Morgan fingerprint density at radius 2 is 1.91 bits per heavy atom. The van der Waals surface area contributed by atoms with Crippen LogP contribution in [0.1, 0.15) is 104 Å². The van der Waals surface area contributed by atoms with Gasteiger partial charge in [-0.15, -0.1) is 0 Å². The van der Waals surface area contributed by atoms with Crippen LogP contribution in [0, 0.1) is 35.5 Å². The van der Waals surface area contributed by atoms with Gasteiger partial charge in [-0.05, 0) is 62.4 Å². The van der Waals surface area contributed by atoms with E-state index in [9.17, 15) is 15.0 Å². The van der Waals surface area contributed by atoms with Gasteiger partial charge in [-0.3, -0.25) is 4.79 Å². The van der Waals surface area contributed by atoms with Crippen molar-refractivity contribution in [3.63, 3.8) is 0 Å². The molecule has 0 aromatic heterocycles. The van der Waals surface area contributed by atoms with Crippen LogP contribution in [0.4, 0.5) is 0 Å². The molecule has 0 spiro atoms. The molecule has 0 aliphatic heterocycles. The maximum absolute atomic E-state index is 11.2. The number of rotatable bonds is 11. The molecule has 3 N–H and O–H groups in total. The fourth-order valence-corrected chi connectivity index (χ4v) is 6.58. The lowest BCUT2D eigenvalue weighted by Gasteiger charge is -2.62. The van der Waals surface area contributed by atoms with E-state index in [-0.39, 0.29) is 30.1 Å². The first kappa shape index (κ1) is 27.2. The summed E-state index contributed by atoms with van der Waals surface area (Å²) in [7, 11) is 0. The van der Waals surface area contributed by atoms with E-state index >= 15 is 0 Å². The minimum Gasteiger partial charge on any atom is -0.481 e. The number of aliphatic hydroxyl groups excluding tert-OH is 2. The number of aliphatic hydroxyl groups is 2. The molecular formula is C29H46O5. The number of hydrogen-bond donors (Lipinski definition) is 3. The summed E-state index contributed by atoms with van der Waals surface area (Å²) >= 11 is 0. The third kappa shape index (κ3) is 6.25. The highest BCUT2D eigenvalue weighted by molar-refractivity contribution is 5.66. The van der Waals surface area contributed by atoms with Crippen molar-refractivity contribution >= 4 is 5.97 Å². The molecule has 5 nitrogen and oxygen atoms in total. The summed E-state index contributed by atoms with van der Waals surface area (Å²) in [6.45, 7) is 5.01. The lowest BCUT2D eigenvalue weighted by atomic mass is 9.47. The lowest BCUT2D eigenvalue weighted by molar-refractivity contribution is -0.183. The van der Waals surface area contributed by atoms with Crippen molar-refractivity contribution in [2.24, 2.45) is 23.7 Å². The van der Waals surface area contributed by atoms with E-state index in [0.717, 1.165) is 64.2 Å². The Kier molecular flexibility index (Phi) is 10.5. The number of hydrogen-bond acceptors (Lipinski definition) is 4. The number of unbranched alkanes of at least 4 members (excludes halogenated alkanes) is 2. The lowest BCUT2D eigenvalue weighted by Crippen LogP contribution is -2.65. The summed E-state index contributed by atoms with van der Waals surface area (Å²) in [6, 6.07) is 0. The molecule has 0 saturated heterocycles. The second-order valence-corrected chi connectivity index (χ2v) is 10.7. The van der Waals surface area contributed by atoms with Crippen molar-refractivity contribution < 1.29 is 24.9 Å². The molecule has 3 saturated carbocycles. The smallest absolute Gasteiger partial charge is 0.303 e. The Hall–Kier alpha value is -1.35. The normalized spacial score (nSPS) is 33.5. The summed E-state index contributed by atoms with van der Waals surface area (Å²) in [5.74, 6) is 6.14. The second kappa shape index (κ2) is 13.1. The van der Waals surface area contributed by atoms with Gasteiger partial charge in [-0.2, -0.15) is 0 Å². The summed E-state index contributed by atoms with van der Waals surface area (Å²) in [5, 5.41) is 31.0. The highest BCUT2D eigenvalue weighted by Crippen LogP contribution is 2.62. The maximum Gasteiger partial charge on any atom is 0.303 e. The largest absolute Gasteiger partial charge is 0.481 e. The van der Waals surface area contributed by atoms with Crippen LogP contribution in [0.25, 0.3) is 0 Å². The van der Waals surface area contributed by atoms with Gasteiger partial charge < -0.3 is 20.1 Å². The van der Waals surface area contributed by atoms with Crippen molar-refractivity contribution in [1.29, 1.82) is 0 Å². The Morgan fingerprint density at radius 1 is 1.18 bits per heavy atom. The van der Waals surface area contributed by atoms with Crippen LogP contribution >= 0.6 is 0 Å². The van der Waals surface area contributed by atoms with Crippen molar-refractivity contribution in [2.45, 2.75) is 122 Å². The first-order valence-electron chi connectivity index (χ1n) is 13.9. The number of carboxylic acids is 1. The van der Waals surface area contributed by atoms with Gasteiger partial charge in [0.2, 0.25) is 0 Å². The Bertz CT molecular complexity index is 743. The van der Waals surface area contributed by atoms with E-state index in [2.05, 4.69) is 31.8 Å². The van der Waals surface area contributed by atoms with E-state index in [1.807, 2.05) is 0 Å². The Labute approximate surface area is 206 Å². The quantitative estimate of drug-likeness (QED) is 0.210. The number of carbonyl (C=O) groups is 1. The molecule has 3 aliphatic rings. The third-order valence-corrected chi connectivity index (χ3v) is 8.42. The third-order valence-electron chi connectivity index (χ3n) is 8.42. The van der Waals surface area contributed by atoms with Gasteiger partial charge in [0, 0.05) is 18.9 Å². The van der Waals surface area contributed by atoms with Gasteiger partial charge >= 0.3 is 5.97 Å². The molecule has 0 aromatic carbocycles. The average molecular weight is 475 g/mol. The van der Waals surface area contributed by atoms with Gasteiger partial charge in [0.05, 0.1) is 17.6 Å². The maximum atomic E-state index is 11.2. The van der Waals surface area contributed by atoms with E-state index in [1.54, 1.807) is 0 Å². The minimum absolute atomic E-state index is 0.0989. The molecule has 0 heterocycles. The summed E-state index contributed by atoms with van der Waals surface area (Å²) in [4.78, 5) is 11.2. The molecule has 2 unspecified atom stereocenters. The molecule has 3 rings (SSSR count). The molecule has 6 atom stereocenters. The molecule has 5 heteroatoms. The minimum atomic E-state index is -0.779. The number of carboxylic acid groups (broad SMARTS) is 1. The zero-order chi connectivity index (χ0) is 24.6. The first-order valence-corrected chi connectivity index (χ1v) is 13.9. The molecule has 192 valence electrons. The highest BCUT2D eigenvalue weighted by atomic mass is 16.5. The second-order valence-electron chi connectivity index (χ2n) is 10.7. The molecule has 3 fully saturated rings. The van der Waals surface area contributed by atoms with Crippen LogP contribution in [-0.4, -0.2) is 45.7 Å². The standard InChI is InChI=1S/C29H46O5/c1-3-5-13-22-24(14-10-15-27(32)33)29(34-20-6-4-2)19-18-26(31)23(28(22)29)16-17-25(30)21-11-8-7-9-12-21/h14,21-23,25-26,28,30-31H,3-13,15,18-20H2,1-2H3,(H,32,33)/t22?,23-,25?,26+,28+,29-/m0/s1. The van der Waals surface area contributed by atoms with E-state index < -0.39 is 23.8 Å². The van der Waals surface area contributed by atoms with E-state index in [0.29, 0.717) is 19.4 Å². The van der Waals surface area contributed by atoms with E-state index in [4.69, 9.17) is 9.84 Å². The fourth-order valence-electron chi connectivity index (χ4n) is 6.58. The van der Waals surface area contributed by atoms with Gasteiger partial charge in [0.15, 0.2) is 0 Å². The number of aliphatic carboxylic acids is 1. The van der Waals surface area contributed by atoms with Crippen molar-refractivity contribution in [3.8, 4) is 11.8 Å². The topological polar surface area (TPSA) is 87.0 Å². The van der Waals surface area contributed by atoms with Gasteiger partial charge in [-0.1, -0.05) is 70.3 Å². The van der Waals surface area contributed by atoms with Crippen LogP contribution in [0.15, 0.2) is 11.6 Å².